The average molecular weight is 457 g/mol. The summed E-state index contributed by atoms with van der Waals surface area (Å²) in [5.74, 6) is 5.43. The molecule has 0 aliphatic heterocycles. The molecule has 3 rings (SSSR count). The van der Waals surface area contributed by atoms with E-state index in [-0.39, 0.29) is 18.3 Å². The van der Waals surface area contributed by atoms with Crippen LogP contribution >= 0.6 is 0 Å². The molecule has 3 aromatic carbocycles. The van der Waals surface area contributed by atoms with Gasteiger partial charge in [0.2, 0.25) is 0 Å². The van der Waals surface area contributed by atoms with Crippen LogP contribution in [0.1, 0.15) is 58.5 Å². The number of benzene rings is 3. The number of hydrogen-bond acceptors (Lipinski definition) is 5. The van der Waals surface area contributed by atoms with Gasteiger partial charge < -0.3 is 20.5 Å². The van der Waals surface area contributed by atoms with Crippen LogP contribution in [0.25, 0.3) is 0 Å². The molecule has 0 radical (unpaired) electrons. The number of nitrogens with one attached hydrogen (secondary N) is 2. The smallest absolute Gasteiger partial charge is 0.340 e. The van der Waals surface area contributed by atoms with Crippen molar-refractivity contribution in [3.05, 3.63) is 89.0 Å². The molecule has 3 N–H and O–H groups in total. The summed E-state index contributed by atoms with van der Waals surface area (Å²) < 4.78 is 5.11. The van der Waals surface area contributed by atoms with Crippen LogP contribution in [0.3, 0.4) is 0 Å². The number of phenolic OH excluding ortho intramolecular Hbond substituents is 1. The number of aromatic hydroxyl groups is 1. The molecule has 0 unspecified atom stereocenters. The zero-order valence-electron chi connectivity index (χ0n) is 19.4. The Labute approximate surface area is 200 Å². The molecule has 0 aliphatic rings. The zero-order chi connectivity index (χ0) is 24.3. The van der Waals surface area contributed by atoms with Crippen LogP contribution in [-0.2, 0) is 4.74 Å². The van der Waals surface area contributed by atoms with Gasteiger partial charge in [0.1, 0.15) is 5.75 Å². The molecular weight excluding hydrogens is 428 g/mol. The first kappa shape index (κ1) is 24.4. The van der Waals surface area contributed by atoms with Crippen molar-refractivity contribution in [2.75, 3.05) is 23.8 Å². The molecule has 0 atom stereocenters. The fourth-order valence-electron chi connectivity index (χ4n) is 3.22. The summed E-state index contributed by atoms with van der Waals surface area (Å²) in [4.78, 5) is 25.6. The molecule has 174 valence electrons. The van der Waals surface area contributed by atoms with Crippen molar-refractivity contribution >= 4 is 23.3 Å². The summed E-state index contributed by atoms with van der Waals surface area (Å²) in [6.45, 7) is 4.81. The van der Waals surface area contributed by atoms with E-state index in [1.807, 2.05) is 12.1 Å². The molecule has 0 aromatic heterocycles. The van der Waals surface area contributed by atoms with Crippen LogP contribution in [-0.4, -0.2) is 30.1 Å². The summed E-state index contributed by atoms with van der Waals surface area (Å²) in [7, 11) is 0. The molecular formula is C28H28N2O4. The van der Waals surface area contributed by atoms with Crippen molar-refractivity contribution in [2.45, 2.75) is 26.7 Å². The van der Waals surface area contributed by atoms with Gasteiger partial charge >= 0.3 is 5.97 Å². The van der Waals surface area contributed by atoms with Gasteiger partial charge in [0.05, 0.1) is 23.4 Å². The number of carbonyl (C=O) groups excluding carboxylic acids is 2. The molecule has 0 fully saturated rings. The highest BCUT2D eigenvalue weighted by molar-refractivity contribution is 6.10. The summed E-state index contributed by atoms with van der Waals surface area (Å²) in [5, 5.41) is 15.6. The first-order chi connectivity index (χ1) is 16.5. The van der Waals surface area contributed by atoms with Crippen molar-refractivity contribution in [2.24, 2.45) is 0 Å². The minimum absolute atomic E-state index is 0.176. The lowest BCUT2D eigenvalue weighted by atomic mass is 10.1. The van der Waals surface area contributed by atoms with Gasteiger partial charge in [0.25, 0.3) is 5.91 Å². The van der Waals surface area contributed by atoms with Gasteiger partial charge in [-0.15, -0.1) is 0 Å². The number of carbonyl (C=O) groups is 2. The number of amides is 1. The number of rotatable bonds is 8. The normalized spacial score (nSPS) is 10.1. The monoisotopic (exact) mass is 456 g/mol. The van der Waals surface area contributed by atoms with Crippen molar-refractivity contribution in [3.63, 3.8) is 0 Å². The highest BCUT2D eigenvalue weighted by Gasteiger charge is 2.17. The van der Waals surface area contributed by atoms with E-state index in [2.05, 4.69) is 29.4 Å². The minimum atomic E-state index is -0.492. The van der Waals surface area contributed by atoms with Crippen molar-refractivity contribution in [1.29, 1.82) is 0 Å². The van der Waals surface area contributed by atoms with E-state index in [0.717, 1.165) is 24.9 Å². The lowest BCUT2D eigenvalue weighted by Gasteiger charge is -2.14. The molecule has 0 saturated heterocycles. The first-order valence-electron chi connectivity index (χ1n) is 11.3. The van der Waals surface area contributed by atoms with Crippen LogP contribution in [0.4, 0.5) is 11.4 Å². The number of phenols is 1. The average Bonchev–Trinajstić information content (AvgIpc) is 2.85. The third-order valence-corrected chi connectivity index (χ3v) is 5.00. The van der Waals surface area contributed by atoms with Gasteiger partial charge in [-0.25, -0.2) is 4.79 Å². The zero-order valence-corrected chi connectivity index (χ0v) is 19.4. The summed E-state index contributed by atoms with van der Waals surface area (Å²) >= 11 is 0. The molecule has 1 amide bonds. The van der Waals surface area contributed by atoms with E-state index in [1.54, 1.807) is 61.5 Å². The molecule has 0 bridgehead atoms. The topological polar surface area (TPSA) is 87.7 Å². The Kier molecular flexibility index (Phi) is 8.70. The lowest BCUT2D eigenvalue weighted by Crippen LogP contribution is -2.18. The standard InChI is InChI=1S/C28H28N2O4/c1-3-5-18-29-25-17-14-21(11-10-20-12-15-22(31)16-13-20)19-24(25)27(32)30-26-9-7-6-8-23(26)28(33)34-4-2/h6-9,12-17,19,29,31H,3-5,18H2,1-2H3,(H,30,32). The van der Waals surface area contributed by atoms with E-state index in [0.29, 0.717) is 28.1 Å². The van der Waals surface area contributed by atoms with E-state index in [9.17, 15) is 14.7 Å². The van der Waals surface area contributed by atoms with E-state index < -0.39 is 5.97 Å². The van der Waals surface area contributed by atoms with Gasteiger partial charge in [0, 0.05) is 23.4 Å². The van der Waals surface area contributed by atoms with Gasteiger partial charge in [-0.05, 0) is 67.9 Å². The molecule has 0 heterocycles. The van der Waals surface area contributed by atoms with E-state index >= 15 is 0 Å². The van der Waals surface area contributed by atoms with Gasteiger partial charge in [-0.2, -0.15) is 0 Å². The predicted octanol–water partition coefficient (Wildman–Crippen LogP) is 5.43. The van der Waals surface area contributed by atoms with Crippen molar-refractivity contribution in [3.8, 4) is 17.6 Å². The minimum Gasteiger partial charge on any atom is -0.508 e. The van der Waals surface area contributed by atoms with E-state index in [4.69, 9.17) is 4.74 Å². The Hall–Kier alpha value is -4.24. The maximum absolute atomic E-state index is 13.3. The second kappa shape index (κ2) is 12.1. The highest BCUT2D eigenvalue weighted by atomic mass is 16.5. The quantitative estimate of drug-likeness (QED) is 0.239. The number of ether oxygens (including phenoxy) is 1. The molecule has 6 heteroatoms. The van der Waals surface area contributed by atoms with Crippen molar-refractivity contribution in [1.82, 2.24) is 0 Å². The van der Waals surface area contributed by atoms with Gasteiger partial charge in [0.15, 0.2) is 0 Å². The Morgan fingerprint density at radius 2 is 1.59 bits per heavy atom. The SMILES string of the molecule is CCCCNc1ccc(C#Cc2ccc(O)cc2)cc1C(=O)Nc1ccccc1C(=O)OCC. The van der Waals surface area contributed by atoms with Gasteiger partial charge in [-0.3, -0.25) is 4.79 Å². The van der Waals surface area contributed by atoms with E-state index in [1.165, 1.54) is 0 Å². The first-order valence-corrected chi connectivity index (χ1v) is 11.3. The third-order valence-electron chi connectivity index (χ3n) is 5.00. The summed E-state index contributed by atoms with van der Waals surface area (Å²) in [5.41, 5.74) is 3.20. The largest absolute Gasteiger partial charge is 0.508 e. The fourth-order valence-corrected chi connectivity index (χ4v) is 3.22. The summed E-state index contributed by atoms with van der Waals surface area (Å²) in [6, 6.07) is 18.8. The second-order valence-corrected chi connectivity index (χ2v) is 7.56. The lowest BCUT2D eigenvalue weighted by molar-refractivity contribution is 0.0527. The maximum Gasteiger partial charge on any atom is 0.340 e. The fraction of sp³-hybridized carbons (Fsp3) is 0.214. The Morgan fingerprint density at radius 1 is 0.882 bits per heavy atom. The Bertz CT molecular complexity index is 1210. The Balaban J connectivity index is 1.91. The van der Waals surface area contributed by atoms with Crippen LogP contribution < -0.4 is 10.6 Å². The van der Waals surface area contributed by atoms with Crippen LogP contribution in [0, 0.1) is 11.8 Å². The Morgan fingerprint density at radius 3 is 2.32 bits per heavy atom. The summed E-state index contributed by atoms with van der Waals surface area (Å²) in [6.07, 6.45) is 1.99. The number of anilines is 2. The predicted molar refractivity (Wildman–Crippen MR) is 134 cm³/mol. The van der Waals surface area contributed by atoms with Crippen LogP contribution in [0.15, 0.2) is 66.7 Å². The number of para-hydroxylation sites is 1. The molecule has 6 nitrogen and oxygen atoms in total. The van der Waals surface area contributed by atoms with Gasteiger partial charge in [-0.1, -0.05) is 37.3 Å². The van der Waals surface area contributed by atoms with Crippen LogP contribution in [0.2, 0.25) is 0 Å². The molecule has 0 saturated carbocycles. The molecule has 34 heavy (non-hydrogen) atoms. The number of hydrogen-bond donors (Lipinski definition) is 3. The van der Waals surface area contributed by atoms with Crippen LogP contribution in [0.5, 0.6) is 5.75 Å². The highest BCUT2D eigenvalue weighted by Crippen LogP contribution is 2.22. The molecule has 3 aromatic rings. The third kappa shape index (κ3) is 6.63. The second-order valence-electron chi connectivity index (χ2n) is 7.56. The number of esters is 1. The molecule has 0 spiro atoms. The molecule has 0 aliphatic carbocycles. The van der Waals surface area contributed by atoms with Crippen molar-refractivity contribution < 1.29 is 19.4 Å². The maximum atomic E-state index is 13.3. The number of unbranched alkanes of at least 4 members (excludes halogenated alkanes) is 1.